The number of H-pyrrole nitrogens is 1. The molecule has 2 heterocycles. The summed E-state index contributed by atoms with van der Waals surface area (Å²) in [5.41, 5.74) is 6.21. The first-order valence-electron chi connectivity index (χ1n) is 5.97. The highest BCUT2D eigenvalue weighted by Crippen LogP contribution is 2.48. The van der Waals surface area contributed by atoms with Gasteiger partial charge < -0.3 is 15.5 Å². The molecule has 0 bridgehead atoms. The van der Waals surface area contributed by atoms with Crippen LogP contribution in [0.25, 0.3) is 0 Å². The van der Waals surface area contributed by atoms with Crippen LogP contribution < -0.4 is 11.3 Å². The monoisotopic (exact) mass is 344 g/mol. The lowest BCUT2D eigenvalue weighted by molar-refractivity contribution is 0.220. The second-order valence-electron chi connectivity index (χ2n) is 4.50. The number of fused-ring (bicyclic) bond motifs is 1. The van der Waals surface area contributed by atoms with E-state index in [0.29, 0.717) is 5.56 Å². The highest BCUT2D eigenvalue weighted by Gasteiger charge is 2.47. The van der Waals surface area contributed by atoms with Gasteiger partial charge in [0.05, 0.1) is 11.1 Å². The van der Waals surface area contributed by atoms with Crippen LogP contribution in [0.4, 0.5) is 5.82 Å². The molecule has 7 heteroatoms. The van der Waals surface area contributed by atoms with Crippen LogP contribution in [0.15, 0.2) is 35.1 Å². The second-order valence-corrected chi connectivity index (χ2v) is 5.61. The van der Waals surface area contributed by atoms with Crippen LogP contribution in [0.2, 0.25) is 0 Å². The molecule has 0 spiro atoms. The van der Waals surface area contributed by atoms with Gasteiger partial charge in [-0.3, -0.25) is 10.2 Å². The van der Waals surface area contributed by atoms with Crippen LogP contribution in [0.1, 0.15) is 22.3 Å². The topological polar surface area (TPSA) is 116 Å². The van der Waals surface area contributed by atoms with Gasteiger partial charge in [-0.2, -0.15) is 5.26 Å². The first-order valence-corrected chi connectivity index (χ1v) is 6.77. The molecule has 1 unspecified atom stereocenters. The van der Waals surface area contributed by atoms with Gasteiger partial charge >= 0.3 is 0 Å². The summed E-state index contributed by atoms with van der Waals surface area (Å²) in [4.78, 5) is 14.3. The number of alkyl halides is 1. The number of rotatable bonds is 1. The number of hydrogen-bond donors (Lipinski definition) is 3. The van der Waals surface area contributed by atoms with Crippen molar-refractivity contribution in [3.8, 4) is 6.07 Å². The molecule has 1 aliphatic rings. The summed E-state index contributed by atoms with van der Waals surface area (Å²) in [5.74, 6) is -0.188. The Morgan fingerprint density at radius 3 is 2.67 bits per heavy atom. The van der Waals surface area contributed by atoms with Crippen molar-refractivity contribution in [1.29, 1.82) is 10.7 Å². The smallest absolute Gasteiger partial charge is 0.267 e. The number of nitrogens with two attached hydrogens (primary N) is 1. The lowest BCUT2D eigenvalue weighted by atomic mass is 9.96. The number of anilines is 1. The predicted octanol–water partition coefficient (Wildman–Crippen LogP) is 1.78. The Bertz CT molecular complexity index is 854. The maximum Gasteiger partial charge on any atom is 0.267 e. The summed E-state index contributed by atoms with van der Waals surface area (Å²) in [6.45, 7) is 0. The van der Waals surface area contributed by atoms with Gasteiger partial charge in [0.2, 0.25) is 10.4 Å². The maximum absolute atomic E-state index is 12.0. The molecule has 2 aromatic rings. The number of pyridine rings is 1. The molecule has 4 N–H and O–H groups in total. The molecule has 6 nitrogen and oxygen atoms in total. The van der Waals surface area contributed by atoms with Gasteiger partial charge in [0.15, 0.2) is 0 Å². The standard InChI is InChI=1S/C14H9BrN4O2/c15-14(7-4-2-1-3-5-7)10-8(6-16)13(20)19-11(17)9(10)12(18)21-14/h1-5,18H,(H3,17,19,20). The SMILES string of the molecule is N#Cc1c2c(c(N)[nH]c1=O)C(=N)OC2(Br)c1ccccc1. The number of aromatic amines is 1. The number of aromatic nitrogens is 1. The third kappa shape index (κ3) is 1.76. The van der Waals surface area contributed by atoms with E-state index in [-0.39, 0.29) is 28.4 Å². The summed E-state index contributed by atoms with van der Waals surface area (Å²) in [7, 11) is 0. The number of nitriles is 1. The third-order valence-corrected chi connectivity index (χ3v) is 4.31. The van der Waals surface area contributed by atoms with Crippen LogP contribution in [0, 0.1) is 16.7 Å². The molecule has 1 aliphatic heterocycles. The molecular formula is C14H9BrN4O2. The lowest BCUT2D eigenvalue weighted by Crippen LogP contribution is -2.25. The second kappa shape index (κ2) is 4.46. The highest BCUT2D eigenvalue weighted by molar-refractivity contribution is 9.09. The summed E-state index contributed by atoms with van der Waals surface area (Å²) in [5, 5.41) is 17.2. The Balaban J connectivity index is 2.42. The fraction of sp³-hybridized carbons (Fsp3) is 0.0714. The summed E-state index contributed by atoms with van der Waals surface area (Å²) < 4.78 is 4.32. The molecule has 1 aromatic carbocycles. The fourth-order valence-corrected chi connectivity index (χ4v) is 3.21. The van der Waals surface area contributed by atoms with Crippen LogP contribution in [-0.2, 0) is 9.25 Å². The minimum atomic E-state index is -1.27. The zero-order valence-corrected chi connectivity index (χ0v) is 12.2. The first-order chi connectivity index (χ1) is 9.99. The Hall–Kier alpha value is -2.59. The zero-order chi connectivity index (χ0) is 15.2. The fourth-order valence-electron chi connectivity index (χ4n) is 2.38. The van der Waals surface area contributed by atoms with E-state index < -0.39 is 10.1 Å². The highest BCUT2D eigenvalue weighted by atomic mass is 79.9. The molecule has 0 saturated carbocycles. The van der Waals surface area contributed by atoms with Gasteiger partial charge in [-0.05, 0) is 15.9 Å². The van der Waals surface area contributed by atoms with E-state index in [1.54, 1.807) is 24.3 Å². The van der Waals surface area contributed by atoms with Crippen LogP contribution in [0.5, 0.6) is 0 Å². The number of hydrogen-bond acceptors (Lipinski definition) is 5. The van der Waals surface area contributed by atoms with Crippen LogP contribution in [-0.4, -0.2) is 10.9 Å². The minimum absolute atomic E-state index is 0.0104. The number of nitrogens with zero attached hydrogens (tertiary/aromatic N) is 1. The van der Waals surface area contributed by atoms with Crippen molar-refractivity contribution in [3.63, 3.8) is 0 Å². The van der Waals surface area contributed by atoms with Crippen molar-refractivity contribution in [2.24, 2.45) is 0 Å². The van der Waals surface area contributed by atoms with Gasteiger partial charge in [-0.1, -0.05) is 30.3 Å². The number of ether oxygens (including phenoxy) is 1. The van der Waals surface area contributed by atoms with Gasteiger partial charge in [-0.25, -0.2) is 0 Å². The number of halogens is 1. The minimum Gasteiger partial charge on any atom is -0.450 e. The van der Waals surface area contributed by atoms with Crippen molar-refractivity contribution >= 4 is 27.6 Å². The molecule has 0 radical (unpaired) electrons. The molecular weight excluding hydrogens is 336 g/mol. The molecule has 3 rings (SSSR count). The molecule has 0 saturated heterocycles. The molecule has 0 fully saturated rings. The number of nitrogen functional groups attached to an aromatic ring is 1. The van der Waals surface area contributed by atoms with Crippen LogP contribution >= 0.6 is 15.9 Å². The summed E-state index contributed by atoms with van der Waals surface area (Å²) in [6.07, 6.45) is 0. The van der Waals surface area contributed by atoms with E-state index in [0.717, 1.165) is 0 Å². The zero-order valence-electron chi connectivity index (χ0n) is 10.6. The Morgan fingerprint density at radius 1 is 1.38 bits per heavy atom. The maximum atomic E-state index is 12.0. The Morgan fingerprint density at radius 2 is 2.05 bits per heavy atom. The van der Waals surface area contributed by atoms with E-state index in [1.807, 2.05) is 12.1 Å². The average molecular weight is 345 g/mol. The van der Waals surface area contributed by atoms with Crippen LogP contribution in [0.3, 0.4) is 0 Å². The first kappa shape index (κ1) is 13.4. The van der Waals surface area contributed by atoms with Crippen molar-refractivity contribution in [2.45, 2.75) is 4.51 Å². The molecule has 1 atom stereocenters. The Kier molecular flexibility index (Phi) is 2.85. The summed E-state index contributed by atoms with van der Waals surface area (Å²) >= 11 is 3.43. The molecule has 1 aromatic heterocycles. The Labute approximate surface area is 127 Å². The molecule has 0 aliphatic carbocycles. The van der Waals surface area contributed by atoms with E-state index in [9.17, 15) is 10.1 Å². The van der Waals surface area contributed by atoms with Crippen molar-refractivity contribution in [1.82, 2.24) is 4.98 Å². The van der Waals surface area contributed by atoms with Gasteiger partial charge in [-0.15, -0.1) is 0 Å². The van der Waals surface area contributed by atoms with E-state index >= 15 is 0 Å². The quantitative estimate of drug-likeness (QED) is 0.683. The van der Waals surface area contributed by atoms with E-state index in [2.05, 4.69) is 20.9 Å². The van der Waals surface area contributed by atoms with Gasteiger partial charge in [0.1, 0.15) is 17.5 Å². The number of nitrogens with one attached hydrogen (secondary N) is 2. The van der Waals surface area contributed by atoms with Crippen molar-refractivity contribution in [2.75, 3.05) is 5.73 Å². The van der Waals surface area contributed by atoms with Gasteiger partial charge in [0.25, 0.3) is 5.56 Å². The van der Waals surface area contributed by atoms with E-state index in [4.69, 9.17) is 15.9 Å². The third-order valence-electron chi connectivity index (χ3n) is 3.29. The van der Waals surface area contributed by atoms with Gasteiger partial charge in [0, 0.05) is 5.56 Å². The van der Waals surface area contributed by atoms with Crippen molar-refractivity contribution in [3.05, 3.63) is 62.9 Å². The molecule has 0 amide bonds. The van der Waals surface area contributed by atoms with E-state index in [1.165, 1.54) is 0 Å². The average Bonchev–Trinajstić information content (AvgIpc) is 2.74. The lowest BCUT2D eigenvalue weighted by Gasteiger charge is -2.23. The normalized spacial score (nSPS) is 19.7. The predicted molar refractivity (Wildman–Crippen MR) is 80.3 cm³/mol. The summed E-state index contributed by atoms with van der Waals surface area (Å²) in [6, 6.07) is 10.8. The van der Waals surface area contributed by atoms with Crippen molar-refractivity contribution < 1.29 is 4.74 Å². The largest absolute Gasteiger partial charge is 0.450 e. The number of benzene rings is 1. The molecule has 21 heavy (non-hydrogen) atoms. The molecule has 104 valence electrons.